The van der Waals surface area contributed by atoms with Crippen LogP contribution < -0.4 is 5.32 Å². The summed E-state index contributed by atoms with van der Waals surface area (Å²) >= 11 is 0. The first-order valence-electron chi connectivity index (χ1n) is 39.2. The van der Waals surface area contributed by atoms with Gasteiger partial charge in [0.2, 0.25) is 5.91 Å². The molecule has 0 radical (unpaired) electrons. The Morgan fingerprint density at radius 1 is 0.402 bits per heavy atom. The van der Waals surface area contributed by atoms with Crippen LogP contribution in [0, 0.1) is 0 Å². The molecule has 0 aliphatic carbocycles. The van der Waals surface area contributed by atoms with Crippen LogP contribution in [0.1, 0.15) is 367 Å². The molecule has 536 valence electrons. The summed E-state index contributed by atoms with van der Waals surface area (Å²) in [5.41, 5.74) is 0. The maximum absolute atomic E-state index is 13.0. The fraction of sp³-hybridized carbons (Fsp3) is 0.827. The average molecular weight is 1300 g/mol. The molecule has 1 saturated heterocycles. The number of esters is 1. The molecule has 0 spiro atoms. The van der Waals surface area contributed by atoms with Crippen molar-refractivity contribution >= 4 is 11.9 Å². The zero-order valence-electron chi connectivity index (χ0n) is 59.8. The Balaban J connectivity index is 1.88. The fourth-order valence-corrected chi connectivity index (χ4v) is 12.1. The van der Waals surface area contributed by atoms with Crippen molar-refractivity contribution in [3.05, 3.63) is 72.9 Å². The lowest BCUT2D eigenvalue weighted by Gasteiger charge is -2.40. The molecule has 1 heterocycles. The van der Waals surface area contributed by atoms with Gasteiger partial charge in [-0.15, -0.1) is 0 Å². The molecule has 0 aromatic carbocycles. The Labute approximate surface area is 566 Å². The van der Waals surface area contributed by atoms with E-state index in [4.69, 9.17) is 14.2 Å². The summed E-state index contributed by atoms with van der Waals surface area (Å²) in [6, 6.07) is -0.826. The van der Waals surface area contributed by atoms with Crippen molar-refractivity contribution in [2.45, 2.75) is 410 Å². The first kappa shape index (κ1) is 87.1. The van der Waals surface area contributed by atoms with Gasteiger partial charge >= 0.3 is 5.97 Å². The zero-order chi connectivity index (χ0) is 66.5. The molecule has 0 saturated carbocycles. The van der Waals surface area contributed by atoms with Gasteiger partial charge in [-0.05, 0) is 109 Å². The summed E-state index contributed by atoms with van der Waals surface area (Å²) in [7, 11) is 0. The molecule has 11 nitrogen and oxygen atoms in total. The van der Waals surface area contributed by atoms with Crippen molar-refractivity contribution in [1.29, 1.82) is 0 Å². The summed E-state index contributed by atoms with van der Waals surface area (Å²) in [6.07, 6.45) is 85.2. The van der Waals surface area contributed by atoms with E-state index in [2.05, 4.69) is 79.9 Å². The van der Waals surface area contributed by atoms with Gasteiger partial charge in [-0.2, -0.15) is 0 Å². The number of aliphatic hydroxyl groups is 5. The molecule has 0 aromatic rings. The summed E-state index contributed by atoms with van der Waals surface area (Å²) in [5, 5.41) is 54.4. The standard InChI is InChI=1S/C81H147NO10/c1-3-5-7-9-11-13-15-16-17-39-43-46-49-53-57-61-65-69-77(86)90-70-66-62-58-54-50-47-44-41-38-36-34-32-30-28-26-24-22-20-18-19-21-23-25-27-29-31-33-35-37-40-42-45-48-52-56-60-64-68-76(85)82-73(72-91-81-80(89)79(88)78(87)75(71-83)92-81)74(84)67-63-59-55-51-14-12-10-8-6-4-2/h11,13-14,16-18,20,24,26,51,63,67,73-75,78-81,83-84,87-89H,3-10,12,15,19,21-23,25,27-50,52-62,64-66,68-72H2,1-2H3,(H,82,85)/b13-11-,17-16-,20-18-,26-24-,51-14+,67-63+. The lowest BCUT2D eigenvalue weighted by molar-refractivity contribution is -0.302. The molecule has 92 heavy (non-hydrogen) atoms. The second-order valence-corrected chi connectivity index (χ2v) is 27.0. The first-order valence-corrected chi connectivity index (χ1v) is 39.2. The number of ether oxygens (including phenoxy) is 3. The van der Waals surface area contributed by atoms with Crippen molar-refractivity contribution in [2.75, 3.05) is 19.8 Å². The molecule has 1 aliphatic heterocycles. The van der Waals surface area contributed by atoms with Crippen LogP contribution in [-0.4, -0.2) is 100 Å². The molecule has 1 rings (SSSR count). The molecular formula is C81H147NO10. The molecule has 0 aromatic heterocycles. The largest absolute Gasteiger partial charge is 0.466 e. The highest BCUT2D eigenvalue weighted by atomic mass is 16.7. The highest BCUT2D eigenvalue weighted by Gasteiger charge is 2.44. The van der Waals surface area contributed by atoms with Crippen molar-refractivity contribution in [3.63, 3.8) is 0 Å². The number of unbranched alkanes of at least 4 members (excludes halogenated alkanes) is 45. The van der Waals surface area contributed by atoms with Crippen molar-refractivity contribution in [1.82, 2.24) is 5.32 Å². The Hall–Kier alpha value is -2.90. The monoisotopic (exact) mass is 1290 g/mol. The summed E-state index contributed by atoms with van der Waals surface area (Å²) in [5.74, 6) is -0.186. The molecule has 6 N–H and O–H groups in total. The third-order valence-electron chi connectivity index (χ3n) is 18.3. The van der Waals surface area contributed by atoms with Crippen LogP contribution in [0.25, 0.3) is 0 Å². The smallest absolute Gasteiger partial charge is 0.305 e. The first-order chi connectivity index (χ1) is 45.2. The van der Waals surface area contributed by atoms with Gasteiger partial charge in [0, 0.05) is 12.8 Å². The Morgan fingerprint density at radius 3 is 1.16 bits per heavy atom. The number of nitrogens with one attached hydrogen (secondary N) is 1. The van der Waals surface area contributed by atoms with Gasteiger partial charge in [0.25, 0.3) is 0 Å². The fourth-order valence-electron chi connectivity index (χ4n) is 12.1. The lowest BCUT2D eigenvalue weighted by Crippen LogP contribution is -2.60. The lowest BCUT2D eigenvalue weighted by atomic mass is 9.99. The highest BCUT2D eigenvalue weighted by Crippen LogP contribution is 2.23. The van der Waals surface area contributed by atoms with Crippen LogP contribution in [-0.2, 0) is 23.8 Å². The van der Waals surface area contributed by atoms with Crippen molar-refractivity contribution < 1.29 is 49.3 Å². The SMILES string of the molecule is CCCCC/C=C\C/C=C\CCCCCCCCCC(=O)OCCCCCCCCCCCCCCC/C=C\C/C=C\CCCCCCCCCCCCCCCCCCCC(=O)NC(COC1OC(CO)C(O)C(O)C1O)C(O)/C=C/CC/C=C/CCCCCC. The Kier molecular flexibility index (Phi) is 65.8. The Morgan fingerprint density at radius 2 is 0.739 bits per heavy atom. The van der Waals surface area contributed by atoms with Crippen molar-refractivity contribution in [2.24, 2.45) is 0 Å². The molecule has 1 amide bonds. The van der Waals surface area contributed by atoms with Crippen LogP contribution in [0.15, 0.2) is 72.9 Å². The van der Waals surface area contributed by atoms with E-state index >= 15 is 0 Å². The van der Waals surface area contributed by atoms with E-state index in [-0.39, 0.29) is 18.5 Å². The van der Waals surface area contributed by atoms with Gasteiger partial charge in [-0.25, -0.2) is 0 Å². The Bertz CT molecular complexity index is 1760. The number of carbonyl (C=O) groups is 2. The maximum atomic E-state index is 13.0. The third-order valence-corrected chi connectivity index (χ3v) is 18.3. The predicted molar refractivity (Wildman–Crippen MR) is 389 cm³/mol. The number of hydrogen-bond donors (Lipinski definition) is 6. The molecule has 7 atom stereocenters. The van der Waals surface area contributed by atoms with E-state index in [9.17, 15) is 35.1 Å². The van der Waals surface area contributed by atoms with Crippen LogP contribution >= 0.6 is 0 Å². The van der Waals surface area contributed by atoms with Gasteiger partial charge < -0.3 is 45.1 Å². The second-order valence-electron chi connectivity index (χ2n) is 27.0. The summed E-state index contributed by atoms with van der Waals surface area (Å²) in [4.78, 5) is 25.1. The third kappa shape index (κ3) is 57.4. The zero-order valence-corrected chi connectivity index (χ0v) is 59.8. The van der Waals surface area contributed by atoms with E-state index in [1.165, 1.54) is 270 Å². The van der Waals surface area contributed by atoms with E-state index in [0.29, 0.717) is 19.4 Å². The number of rotatable bonds is 69. The molecule has 1 fully saturated rings. The number of carbonyl (C=O) groups excluding carboxylic acids is 2. The van der Waals surface area contributed by atoms with Crippen LogP contribution in [0.4, 0.5) is 0 Å². The molecule has 7 unspecified atom stereocenters. The van der Waals surface area contributed by atoms with E-state index in [0.717, 1.165) is 70.6 Å². The molecule has 1 aliphatic rings. The van der Waals surface area contributed by atoms with Gasteiger partial charge in [0.05, 0.1) is 32.0 Å². The second kappa shape index (κ2) is 69.5. The van der Waals surface area contributed by atoms with Gasteiger partial charge in [0.1, 0.15) is 24.4 Å². The van der Waals surface area contributed by atoms with E-state index in [1.807, 2.05) is 6.08 Å². The van der Waals surface area contributed by atoms with Gasteiger partial charge in [-0.1, -0.05) is 318 Å². The van der Waals surface area contributed by atoms with Crippen molar-refractivity contribution in [3.8, 4) is 0 Å². The topological polar surface area (TPSA) is 175 Å². The normalized spacial score (nSPS) is 17.9. The van der Waals surface area contributed by atoms with E-state index < -0.39 is 49.5 Å². The number of allylic oxidation sites excluding steroid dienone is 11. The number of amides is 1. The average Bonchev–Trinajstić information content (AvgIpc) is 0.954. The number of hydrogen-bond acceptors (Lipinski definition) is 10. The van der Waals surface area contributed by atoms with Gasteiger partial charge in [0.15, 0.2) is 6.29 Å². The summed E-state index contributed by atoms with van der Waals surface area (Å²) < 4.78 is 16.7. The van der Waals surface area contributed by atoms with Crippen LogP contribution in [0.3, 0.4) is 0 Å². The van der Waals surface area contributed by atoms with Crippen LogP contribution in [0.5, 0.6) is 0 Å². The van der Waals surface area contributed by atoms with Crippen LogP contribution in [0.2, 0.25) is 0 Å². The molecular weight excluding hydrogens is 1150 g/mol. The van der Waals surface area contributed by atoms with Gasteiger partial charge in [-0.3, -0.25) is 9.59 Å². The predicted octanol–water partition coefficient (Wildman–Crippen LogP) is 21.0. The maximum Gasteiger partial charge on any atom is 0.305 e. The quantitative estimate of drug-likeness (QED) is 0.0195. The van der Waals surface area contributed by atoms with E-state index in [1.54, 1.807) is 6.08 Å². The molecule has 11 heteroatoms. The minimum absolute atomic E-state index is 0.00448. The number of aliphatic hydroxyl groups excluding tert-OH is 5. The minimum Gasteiger partial charge on any atom is -0.466 e. The summed E-state index contributed by atoms with van der Waals surface area (Å²) in [6.45, 7) is 4.29. The molecule has 0 bridgehead atoms. The minimum atomic E-state index is -1.58. The highest BCUT2D eigenvalue weighted by molar-refractivity contribution is 5.76.